The molecule has 0 amide bonds. The topological polar surface area (TPSA) is 100 Å². The lowest BCUT2D eigenvalue weighted by Gasteiger charge is -2.27. The Kier molecular flexibility index (Phi) is 4.94. The monoisotopic (exact) mass is 446 g/mol. The zero-order chi connectivity index (χ0) is 23.5. The Bertz CT molecular complexity index is 1260. The molecule has 0 radical (unpaired) electrons. The van der Waals surface area contributed by atoms with Crippen molar-refractivity contribution >= 4 is 16.7 Å². The van der Waals surface area contributed by atoms with Crippen molar-refractivity contribution in [3.63, 3.8) is 0 Å². The van der Waals surface area contributed by atoms with Gasteiger partial charge in [-0.3, -0.25) is 9.97 Å². The Balaban J connectivity index is 1.54. The zero-order valence-corrected chi connectivity index (χ0v) is 19.8. The van der Waals surface area contributed by atoms with Gasteiger partial charge in [-0.25, -0.2) is 9.78 Å². The normalized spacial score (nSPS) is 21.5. The Hall–Kier alpha value is -3.06. The van der Waals surface area contributed by atoms with Crippen LogP contribution in [0.2, 0.25) is 0 Å². The van der Waals surface area contributed by atoms with Gasteiger partial charge in [-0.2, -0.15) is 0 Å². The summed E-state index contributed by atoms with van der Waals surface area (Å²) >= 11 is 0. The molecule has 7 nitrogen and oxygen atoms in total. The molecule has 5 rings (SSSR count). The van der Waals surface area contributed by atoms with Crippen LogP contribution >= 0.6 is 0 Å². The van der Waals surface area contributed by atoms with E-state index in [1.807, 2.05) is 52.2 Å². The third kappa shape index (κ3) is 4.06. The lowest BCUT2D eigenvalue weighted by molar-refractivity contribution is 0.0234. The smallest absolute Gasteiger partial charge is 0.340 e. The number of rotatable bonds is 5. The molecule has 1 aliphatic carbocycles. The molecule has 7 heteroatoms. The summed E-state index contributed by atoms with van der Waals surface area (Å²) in [6.45, 7) is 9.97. The molecule has 172 valence electrons. The van der Waals surface area contributed by atoms with Crippen LogP contribution in [0, 0.1) is 0 Å². The highest BCUT2D eigenvalue weighted by molar-refractivity contribution is 5.92. The van der Waals surface area contributed by atoms with Gasteiger partial charge in [0.1, 0.15) is 11.7 Å². The van der Waals surface area contributed by atoms with Crippen LogP contribution in [0.25, 0.3) is 10.8 Å². The van der Waals surface area contributed by atoms with Gasteiger partial charge in [0, 0.05) is 41.7 Å². The predicted molar refractivity (Wildman–Crippen MR) is 125 cm³/mol. The zero-order valence-electron chi connectivity index (χ0n) is 19.8. The van der Waals surface area contributed by atoms with Crippen LogP contribution in [0.15, 0.2) is 30.6 Å². The van der Waals surface area contributed by atoms with Gasteiger partial charge in [0.05, 0.1) is 16.6 Å². The van der Waals surface area contributed by atoms with Gasteiger partial charge < -0.3 is 15.2 Å². The van der Waals surface area contributed by atoms with Crippen molar-refractivity contribution in [2.75, 3.05) is 0 Å². The molecule has 1 saturated carbocycles. The fraction of sp³-hybridized carbons (Fsp3) is 0.462. The predicted octanol–water partition coefficient (Wildman–Crippen LogP) is 4.40. The number of carbonyl (C=O) groups excluding carboxylic acids is 1. The SMILES string of the molecule is C[C@@H]1OC(=O)c2ccc(Cc3cc4c(C(C)(C)N)cnc(OC5(C)CC5)c4cn3)nc2[C@H]1C. The van der Waals surface area contributed by atoms with Crippen molar-refractivity contribution in [3.8, 4) is 5.88 Å². The van der Waals surface area contributed by atoms with E-state index in [1.165, 1.54) is 0 Å². The van der Waals surface area contributed by atoms with Crippen LogP contribution in [0.4, 0.5) is 0 Å². The number of hydrogen-bond acceptors (Lipinski definition) is 7. The number of cyclic esters (lactones) is 1. The number of ether oxygens (including phenoxy) is 2. The van der Waals surface area contributed by atoms with Crippen molar-refractivity contribution in [3.05, 3.63) is 58.8 Å². The van der Waals surface area contributed by atoms with Crippen LogP contribution in [0.3, 0.4) is 0 Å². The van der Waals surface area contributed by atoms with Crippen LogP contribution < -0.4 is 10.5 Å². The largest absolute Gasteiger partial charge is 0.471 e. The van der Waals surface area contributed by atoms with E-state index >= 15 is 0 Å². The molecule has 2 atom stereocenters. The van der Waals surface area contributed by atoms with Crippen molar-refractivity contribution in [1.82, 2.24) is 15.0 Å². The van der Waals surface area contributed by atoms with E-state index in [4.69, 9.17) is 25.2 Å². The first-order valence-electron chi connectivity index (χ1n) is 11.5. The summed E-state index contributed by atoms with van der Waals surface area (Å²) in [6, 6.07) is 5.74. The van der Waals surface area contributed by atoms with Crippen molar-refractivity contribution in [1.29, 1.82) is 0 Å². The average molecular weight is 447 g/mol. The van der Waals surface area contributed by atoms with E-state index in [9.17, 15) is 4.79 Å². The fourth-order valence-electron chi connectivity index (χ4n) is 4.23. The van der Waals surface area contributed by atoms with Gasteiger partial charge >= 0.3 is 5.97 Å². The summed E-state index contributed by atoms with van der Waals surface area (Å²) in [6.07, 6.45) is 6.05. The fourth-order valence-corrected chi connectivity index (χ4v) is 4.23. The molecule has 0 spiro atoms. The highest BCUT2D eigenvalue weighted by Gasteiger charge is 2.41. The Morgan fingerprint density at radius 2 is 1.91 bits per heavy atom. The van der Waals surface area contributed by atoms with E-state index in [2.05, 4.69) is 18.0 Å². The van der Waals surface area contributed by atoms with Crippen LogP contribution in [-0.4, -0.2) is 32.6 Å². The summed E-state index contributed by atoms with van der Waals surface area (Å²) in [5.41, 5.74) is 9.78. The van der Waals surface area contributed by atoms with Crippen LogP contribution in [0.5, 0.6) is 5.88 Å². The summed E-state index contributed by atoms with van der Waals surface area (Å²) in [7, 11) is 0. The van der Waals surface area contributed by atoms with Crippen molar-refractivity contribution < 1.29 is 14.3 Å². The lowest BCUT2D eigenvalue weighted by atomic mass is 9.92. The number of carbonyl (C=O) groups is 1. The van der Waals surface area contributed by atoms with Gasteiger partial charge in [0.2, 0.25) is 5.88 Å². The van der Waals surface area contributed by atoms with E-state index in [0.717, 1.165) is 46.3 Å². The summed E-state index contributed by atoms with van der Waals surface area (Å²) < 4.78 is 11.6. The highest BCUT2D eigenvalue weighted by atomic mass is 16.5. The van der Waals surface area contributed by atoms with E-state index in [-0.39, 0.29) is 23.6 Å². The van der Waals surface area contributed by atoms with Gasteiger partial charge in [-0.15, -0.1) is 0 Å². The maximum absolute atomic E-state index is 12.2. The molecule has 0 saturated heterocycles. The first-order chi connectivity index (χ1) is 15.5. The van der Waals surface area contributed by atoms with Gasteiger partial charge in [0.15, 0.2) is 0 Å². The maximum atomic E-state index is 12.2. The van der Waals surface area contributed by atoms with E-state index in [1.54, 1.807) is 0 Å². The number of pyridine rings is 3. The quantitative estimate of drug-likeness (QED) is 0.580. The number of nitrogens with zero attached hydrogens (tertiary/aromatic N) is 3. The van der Waals surface area contributed by atoms with Crippen LogP contribution in [0.1, 0.15) is 86.4 Å². The average Bonchev–Trinajstić information content (AvgIpc) is 3.48. The minimum atomic E-state index is -0.568. The third-order valence-electron chi connectivity index (χ3n) is 6.78. The van der Waals surface area contributed by atoms with E-state index < -0.39 is 5.54 Å². The molecular formula is C26H30N4O3. The minimum absolute atomic E-state index is 0.0430. The summed E-state index contributed by atoms with van der Waals surface area (Å²) in [4.78, 5) is 26.3. The summed E-state index contributed by atoms with van der Waals surface area (Å²) in [5, 5.41) is 1.86. The second-order valence-electron chi connectivity index (χ2n) is 10.3. The molecule has 0 bridgehead atoms. The minimum Gasteiger partial charge on any atom is -0.471 e. The van der Waals surface area contributed by atoms with Gasteiger partial charge in [-0.1, -0.05) is 6.92 Å². The molecule has 1 fully saturated rings. The number of aromatic nitrogens is 3. The second kappa shape index (κ2) is 7.48. The third-order valence-corrected chi connectivity index (χ3v) is 6.78. The number of hydrogen-bond donors (Lipinski definition) is 1. The van der Waals surface area contributed by atoms with Gasteiger partial charge in [-0.05, 0) is 69.7 Å². The molecule has 33 heavy (non-hydrogen) atoms. The highest BCUT2D eigenvalue weighted by Crippen LogP contribution is 2.41. The molecule has 1 aliphatic heterocycles. The maximum Gasteiger partial charge on any atom is 0.340 e. The van der Waals surface area contributed by atoms with Crippen LogP contribution in [-0.2, 0) is 16.7 Å². The summed E-state index contributed by atoms with van der Waals surface area (Å²) in [5.74, 6) is 0.337. The Morgan fingerprint density at radius 3 is 2.61 bits per heavy atom. The van der Waals surface area contributed by atoms with Crippen molar-refractivity contribution in [2.45, 2.75) is 77.0 Å². The lowest BCUT2D eigenvalue weighted by Crippen LogP contribution is -2.29. The Morgan fingerprint density at radius 1 is 1.15 bits per heavy atom. The number of esters is 1. The standard InChI is InChI=1S/C26H30N4O3/c1-14-15(2)32-24(31)18-7-6-16(30-22(14)18)10-17-11-19-20(12-28-17)23(33-26(5)8-9-26)29-13-21(19)25(3,4)27/h6-7,11-15H,8-10,27H2,1-5H3/t14-,15-/m0/s1. The molecule has 0 unspecified atom stereocenters. The number of nitrogens with two attached hydrogens (primary N) is 1. The number of fused-ring (bicyclic) bond motifs is 2. The first-order valence-corrected chi connectivity index (χ1v) is 11.5. The molecule has 3 aromatic heterocycles. The molecule has 0 aromatic carbocycles. The van der Waals surface area contributed by atoms with Gasteiger partial charge in [0.25, 0.3) is 0 Å². The molecule has 2 N–H and O–H groups in total. The Labute approximate surface area is 193 Å². The first kappa shape index (κ1) is 21.8. The molecular weight excluding hydrogens is 416 g/mol. The van der Waals surface area contributed by atoms with Crippen molar-refractivity contribution in [2.24, 2.45) is 5.73 Å². The molecule has 4 heterocycles. The van der Waals surface area contributed by atoms with E-state index in [0.29, 0.717) is 17.9 Å². The molecule has 2 aliphatic rings. The second-order valence-corrected chi connectivity index (χ2v) is 10.3. The molecule has 3 aromatic rings.